The van der Waals surface area contributed by atoms with Gasteiger partial charge in [0.15, 0.2) is 17.4 Å². The van der Waals surface area contributed by atoms with E-state index in [0.717, 1.165) is 0 Å². The van der Waals surface area contributed by atoms with Gasteiger partial charge in [0.25, 0.3) is 5.56 Å². The van der Waals surface area contributed by atoms with Crippen molar-refractivity contribution in [3.63, 3.8) is 0 Å². The van der Waals surface area contributed by atoms with E-state index in [4.69, 9.17) is 33.3 Å². The highest BCUT2D eigenvalue weighted by Gasteiger charge is 2.51. The van der Waals surface area contributed by atoms with Crippen LogP contribution in [0.25, 0.3) is 11.2 Å². The Labute approximate surface area is 226 Å². The molecule has 0 amide bonds. The summed E-state index contributed by atoms with van der Waals surface area (Å²) in [7, 11) is -7.24. The van der Waals surface area contributed by atoms with Crippen LogP contribution in [0, 0.1) is 5.92 Å². The molecule has 3 aliphatic rings. The predicted octanol–water partition coefficient (Wildman–Crippen LogP) is 0.349. The maximum Gasteiger partial charge on any atom is 0.472 e. The molecule has 3 aromatic heterocycles. The Bertz CT molecular complexity index is 1460. The number of H-pyrrole nitrogens is 1. The van der Waals surface area contributed by atoms with Gasteiger partial charge in [-0.05, 0) is 12.5 Å². The van der Waals surface area contributed by atoms with E-state index >= 15 is 0 Å². The van der Waals surface area contributed by atoms with Gasteiger partial charge in [-0.3, -0.25) is 23.4 Å². The fourth-order valence-electron chi connectivity index (χ4n) is 5.01. The molecule has 3 unspecified atom stereocenters. The zero-order chi connectivity index (χ0) is 28.0. The minimum absolute atomic E-state index is 0.0103. The van der Waals surface area contributed by atoms with E-state index in [0.29, 0.717) is 18.7 Å². The molecule has 1 saturated carbocycles. The predicted molar refractivity (Wildman–Crippen MR) is 134 cm³/mol. The summed E-state index contributed by atoms with van der Waals surface area (Å²) in [5.41, 5.74) is 4.97. The molecule has 6 rings (SSSR count). The van der Waals surface area contributed by atoms with E-state index in [1.807, 2.05) is 0 Å². The van der Waals surface area contributed by atoms with Crippen molar-refractivity contribution >= 4 is 33.5 Å². The molecular formula is C21H26N6O11P2. The molecule has 9 atom stereocenters. The molecule has 5 heterocycles. The Morgan fingerprint density at radius 2 is 2.08 bits per heavy atom. The SMILES string of the molecule is Nc1nc2c(ncn2[C@@H]2O[C@@H]3COP(O)O[C@H]4C[C@H](Oc5ccccn5)CC4COP(=O)(O)O[C@@H]2[C@@H]3O)c(=O)[nH]1. The van der Waals surface area contributed by atoms with Crippen molar-refractivity contribution in [1.29, 1.82) is 0 Å². The zero-order valence-electron chi connectivity index (χ0n) is 20.6. The van der Waals surface area contributed by atoms with Gasteiger partial charge in [-0.25, -0.2) is 14.5 Å². The minimum atomic E-state index is -4.80. The van der Waals surface area contributed by atoms with Gasteiger partial charge in [-0.2, -0.15) is 4.98 Å². The van der Waals surface area contributed by atoms with Crippen LogP contribution in [0.15, 0.2) is 35.5 Å². The van der Waals surface area contributed by atoms with Crippen molar-refractivity contribution in [3.8, 4) is 5.88 Å². The van der Waals surface area contributed by atoms with Crippen molar-refractivity contribution in [2.75, 3.05) is 18.9 Å². The number of nitrogens with zero attached hydrogens (tertiary/aromatic N) is 4. The summed E-state index contributed by atoms with van der Waals surface area (Å²) in [6.07, 6.45) is -2.97. The van der Waals surface area contributed by atoms with E-state index in [1.165, 1.54) is 10.9 Å². The van der Waals surface area contributed by atoms with Gasteiger partial charge in [-0.15, -0.1) is 0 Å². The zero-order valence-corrected chi connectivity index (χ0v) is 22.4. The number of phosphoric ester groups is 1. The highest BCUT2D eigenvalue weighted by molar-refractivity contribution is 7.47. The number of phosphoric acid groups is 1. The average molecular weight is 600 g/mol. The molecule has 0 aromatic carbocycles. The van der Waals surface area contributed by atoms with Gasteiger partial charge in [0.1, 0.15) is 24.4 Å². The van der Waals surface area contributed by atoms with Crippen LogP contribution < -0.4 is 16.0 Å². The first kappa shape index (κ1) is 27.6. The normalized spacial score (nSPS) is 36.9. The summed E-state index contributed by atoms with van der Waals surface area (Å²) in [4.78, 5) is 47.9. The molecule has 3 fully saturated rings. The van der Waals surface area contributed by atoms with Crippen molar-refractivity contribution < 1.29 is 47.0 Å². The monoisotopic (exact) mass is 600 g/mol. The van der Waals surface area contributed by atoms with E-state index in [1.54, 1.807) is 24.4 Å². The quantitative estimate of drug-likeness (QED) is 0.255. The number of aliphatic hydroxyl groups excluding tert-OH is 1. The average Bonchev–Trinajstić information content (AvgIpc) is 3.58. The third-order valence-corrected chi connectivity index (χ3v) is 8.64. The number of fused-ring (bicyclic) bond motifs is 4. The third-order valence-electron chi connectivity index (χ3n) is 6.83. The molecule has 17 nitrogen and oxygen atoms in total. The fraction of sp³-hybridized carbons (Fsp3) is 0.524. The van der Waals surface area contributed by atoms with Crippen molar-refractivity contribution in [2.45, 2.75) is 49.6 Å². The second kappa shape index (κ2) is 11.0. The number of imidazole rings is 1. The van der Waals surface area contributed by atoms with Crippen LogP contribution in [0.1, 0.15) is 19.1 Å². The number of ether oxygens (including phenoxy) is 2. The molecule has 0 radical (unpaired) electrons. The second-order valence-corrected chi connectivity index (χ2v) is 11.8. The molecule has 2 aliphatic heterocycles. The van der Waals surface area contributed by atoms with Crippen molar-refractivity contribution in [2.24, 2.45) is 5.92 Å². The van der Waals surface area contributed by atoms with Gasteiger partial charge in [0.2, 0.25) is 11.8 Å². The largest absolute Gasteiger partial charge is 0.474 e. The topological polar surface area (TPSA) is 236 Å². The number of anilines is 1. The van der Waals surface area contributed by atoms with Crippen LogP contribution in [-0.4, -0.2) is 83.1 Å². The Morgan fingerprint density at radius 1 is 1.23 bits per heavy atom. The first-order valence-corrected chi connectivity index (χ1v) is 14.9. The van der Waals surface area contributed by atoms with E-state index in [9.17, 15) is 24.3 Å². The van der Waals surface area contributed by atoms with Crippen LogP contribution >= 0.6 is 16.4 Å². The number of aromatic amines is 1. The molecule has 40 heavy (non-hydrogen) atoms. The molecule has 19 heteroatoms. The standard InChI is InChI=1S/C21H26N6O11P2/c22-21-25-18-15(19(29)26-21)24-9-27(18)20-17-16(28)13(36-20)8-33-39(30)37-12-6-11(35-14-3-1-2-4-23-14)5-10(12)7-34-40(31,32)38-17/h1-4,9-13,16-17,20,28,30H,5-8H2,(H,31,32)(H3,22,25,26,29)/t10?,11-,12+,13-,16-,17-,20-,39?/m1/s1. The number of pyridine rings is 1. The van der Waals surface area contributed by atoms with Crippen molar-refractivity contribution in [3.05, 3.63) is 41.1 Å². The third kappa shape index (κ3) is 5.63. The number of nitrogen functional groups attached to an aromatic ring is 1. The van der Waals surface area contributed by atoms with E-state index in [2.05, 4.69) is 19.9 Å². The Balaban J connectivity index is 1.25. The lowest BCUT2D eigenvalue weighted by molar-refractivity contribution is -0.0530. The van der Waals surface area contributed by atoms with Gasteiger partial charge in [0.05, 0.1) is 25.6 Å². The molecule has 3 aromatic rings. The summed E-state index contributed by atoms with van der Waals surface area (Å²) in [6, 6.07) is 5.23. The number of aromatic nitrogens is 5. The fourth-order valence-corrected chi connectivity index (χ4v) is 6.81. The lowest BCUT2D eigenvalue weighted by atomic mass is 10.1. The number of aliphatic hydroxyl groups is 1. The molecule has 2 bridgehead atoms. The number of nitrogens with one attached hydrogen (secondary N) is 1. The summed E-state index contributed by atoms with van der Waals surface area (Å²) in [5, 5.41) is 11.0. The second-order valence-electron chi connectivity index (χ2n) is 9.48. The van der Waals surface area contributed by atoms with Crippen LogP contribution in [0.3, 0.4) is 0 Å². The molecule has 216 valence electrons. The Morgan fingerprint density at radius 3 is 2.88 bits per heavy atom. The highest BCUT2D eigenvalue weighted by atomic mass is 31.2. The summed E-state index contributed by atoms with van der Waals surface area (Å²) in [6.45, 7) is -0.646. The van der Waals surface area contributed by atoms with E-state index < -0.39 is 58.5 Å². The molecule has 6 N–H and O–H groups in total. The lowest BCUT2D eigenvalue weighted by Gasteiger charge is -2.25. The van der Waals surface area contributed by atoms with Crippen molar-refractivity contribution in [1.82, 2.24) is 24.5 Å². The van der Waals surface area contributed by atoms with Crippen LogP contribution in [0.5, 0.6) is 5.88 Å². The van der Waals surface area contributed by atoms with Gasteiger partial charge < -0.3 is 39.1 Å². The van der Waals surface area contributed by atoms with E-state index in [-0.39, 0.29) is 36.4 Å². The Kier molecular flexibility index (Phi) is 7.61. The van der Waals surface area contributed by atoms with Gasteiger partial charge >= 0.3 is 16.4 Å². The van der Waals surface area contributed by atoms with Crippen LogP contribution in [0.4, 0.5) is 5.95 Å². The first-order valence-electron chi connectivity index (χ1n) is 12.2. The highest BCUT2D eigenvalue weighted by Crippen LogP contribution is 2.52. The number of rotatable bonds is 3. The maximum absolute atomic E-state index is 13.1. The number of hydrogen-bond acceptors (Lipinski definition) is 14. The molecule has 0 spiro atoms. The molecule has 2 saturated heterocycles. The maximum atomic E-state index is 13.1. The summed E-state index contributed by atoms with van der Waals surface area (Å²) >= 11 is 0. The van der Waals surface area contributed by atoms with Crippen LogP contribution in [-0.2, 0) is 27.4 Å². The Hall–Kier alpha value is -2.56. The lowest BCUT2D eigenvalue weighted by Crippen LogP contribution is -2.35. The molecular weight excluding hydrogens is 574 g/mol. The minimum Gasteiger partial charge on any atom is -0.474 e. The first-order chi connectivity index (χ1) is 19.2. The summed E-state index contributed by atoms with van der Waals surface area (Å²) in [5.74, 6) is -0.266. The smallest absolute Gasteiger partial charge is 0.472 e. The number of hydrogen-bond donors (Lipinski definition) is 5. The van der Waals surface area contributed by atoms with Gasteiger partial charge in [0, 0.05) is 24.6 Å². The van der Waals surface area contributed by atoms with Crippen LogP contribution in [0.2, 0.25) is 0 Å². The molecule has 1 aliphatic carbocycles. The number of nitrogens with two attached hydrogens (primary N) is 1. The summed E-state index contributed by atoms with van der Waals surface area (Å²) < 4.78 is 48.1. The van der Waals surface area contributed by atoms with Gasteiger partial charge in [-0.1, -0.05) is 6.07 Å².